The second-order valence-corrected chi connectivity index (χ2v) is 4.59. The molecule has 20 heavy (non-hydrogen) atoms. The second kappa shape index (κ2) is 6.24. The van der Waals surface area contributed by atoms with Crippen molar-refractivity contribution in [3.05, 3.63) is 59.2 Å². The Bertz CT molecular complexity index is 600. The molecule has 0 heterocycles. The molecule has 2 aromatic carbocycles. The Hall–Kier alpha value is -2.29. The van der Waals surface area contributed by atoms with Gasteiger partial charge in [0, 0.05) is 0 Å². The average Bonchev–Trinajstić information content (AvgIpc) is 2.44. The number of hydrogen-bond donors (Lipinski definition) is 0. The van der Waals surface area contributed by atoms with E-state index < -0.39 is 0 Å². The van der Waals surface area contributed by atoms with Gasteiger partial charge in [-0.1, -0.05) is 6.07 Å². The molecule has 0 saturated carbocycles. The van der Waals surface area contributed by atoms with Crippen molar-refractivity contribution >= 4 is 5.97 Å². The normalized spacial score (nSPS) is 10.2. The lowest BCUT2D eigenvalue weighted by atomic mass is 10.1. The Morgan fingerprint density at radius 1 is 0.950 bits per heavy atom. The van der Waals surface area contributed by atoms with E-state index in [1.54, 1.807) is 31.2 Å². The molecule has 3 nitrogen and oxygen atoms in total. The molecule has 0 unspecified atom stereocenters. The van der Waals surface area contributed by atoms with Crippen LogP contribution in [0.4, 0.5) is 0 Å². The highest BCUT2D eigenvalue weighted by Gasteiger charge is 2.06. The fourth-order valence-corrected chi connectivity index (χ4v) is 1.79. The summed E-state index contributed by atoms with van der Waals surface area (Å²) in [6.45, 7) is 6.27. The standard InChI is InChI=1S/C17H18O3/c1-4-19-17(18)14-6-9-15(10-7-14)20-16-8-5-12(2)13(3)11-16/h5-11H,4H2,1-3H3. The summed E-state index contributed by atoms with van der Waals surface area (Å²) in [5, 5.41) is 0. The maximum absolute atomic E-state index is 11.5. The van der Waals surface area contributed by atoms with Gasteiger partial charge in [0.2, 0.25) is 0 Å². The van der Waals surface area contributed by atoms with Crippen molar-refractivity contribution in [1.82, 2.24) is 0 Å². The van der Waals surface area contributed by atoms with Gasteiger partial charge in [-0.3, -0.25) is 0 Å². The minimum atomic E-state index is -0.315. The number of aryl methyl sites for hydroxylation is 2. The molecule has 0 fully saturated rings. The van der Waals surface area contributed by atoms with Gasteiger partial charge in [-0.05, 0) is 68.3 Å². The number of ether oxygens (including phenoxy) is 2. The van der Waals surface area contributed by atoms with Crippen LogP contribution >= 0.6 is 0 Å². The van der Waals surface area contributed by atoms with Gasteiger partial charge in [0.1, 0.15) is 11.5 Å². The van der Waals surface area contributed by atoms with E-state index in [1.807, 2.05) is 25.1 Å². The minimum Gasteiger partial charge on any atom is -0.462 e. The summed E-state index contributed by atoms with van der Waals surface area (Å²) in [6, 6.07) is 12.9. The number of benzene rings is 2. The highest BCUT2D eigenvalue weighted by atomic mass is 16.5. The van der Waals surface area contributed by atoms with Crippen LogP contribution in [0.2, 0.25) is 0 Å². The predicted octanol–water partition coefficient (Wildman–Crippen LogP) is 4.27. The van der Waals surface area contributed by atoms with Gasteiger partial charge in [0.25, 0.3) is 0 Å². The lowest BCUT2D eigenvalue weighted by molar-refractivity contribution is 0.0526. The maximum atomic E-state index is 11.5. The Kier molecular flexibility index (Phi) is 4.41. The van der Waals surface area contributed by atoms with E-state index in [0.29, 0.717) is 17.9 Å². The van der Waals surface area contributed by atoms with Crippen LogP contribution in [0.1, 0.15) is 28.4 Å². The van der Waals surface area contributed by atoms with Crippen LogP contribution in [-0.4, -0.2) is 12.6 Å². The van der Waals surface area contributed by atoms with Crippen LogP contribution in [0.15, 0.2) is 42.5 Å². The van der Waals surface area contributed by atoms with Gasteiger partial charge in [-0.2, -0.15) is 0 Å². The Morgan fingerprint density at radius 3 is 2.20 bits per heavy atom. The van der Waals surface area contributed by atoms with E-state index in [1.165, 1.54) is 11.1 Å². The van der Waals surface area contributed by atoms with E-state index in [0.717, 1.165) is 5.75 Å². The van der Waals surface area contributed by atoms with Crippen molar-refractivity contribution in [3.63, 3.8) is 0 Å². The van der Waals surface area contributed by atoms with Gasteiger partial charge in [-0.15, -0.1) is 0 Å². The zero-order valence-corrected chi connectivity index (χ0v) is 12.0. The number of esters is 1. The smallest absolute Gasteiger partial charge is 0.338 e. The summed E-state index contributed by atoms with van der Waals surface area (Å²) in [4.78, 5) is 11.5. The van der Waals surface area contributed by atoms with Crippen molar-refractivity contribution in [2.45, 2.75) is 20.8 Å². The number of carbonyl (C=O) groups is 1. The molecule has 2 rings (SSSR count). The molecule has 0 bridgehead atoms. The molecule has 0 aliphatic rings. The summed E-state index contributed by atoms with van der Waals surface area (Å²) >= 11 is 0. The first-order valence-corrected chi connectivity index (χ1v) is 6.62. The third-order valence-corrected chi connectivity index (χ3v) is 3.08. The third-order valence-electron chi connectivity index (χ3n) is 3.08. The second-order valence-electron chi connectivity index (χ2n) is 4.59. The topological polar surface area (TPSA) is 35.5 Å². The van der Waals surface area contributed by atoms with Crippen LogP contribution in [0.3, 0.4) is 0 Å². The van der Waals surface area contributed by atoms with E-state index in [2.05, 4.69) is 6.92 Å². The molecule has 0 atom stereocenters. The molecular weight excluding hydrogens is 252 g/mol. The maximum Gasteiger partial charge on any atom is 0.338 e. The third kappa shape index (κ3) is 3.38. The van der Waals surface area contributed by atoms with Crippen molar-refractivity contribution in [2.24, 2.45) is 0 Å². The van der Waals surface area contributed by atoms with E-state index in [9.17, 15) is 4.79 Å². The molecule has 0 spiro atoms. The van der Waals surface area contributed by atoms with Gasteiger partial charge >= 0.3 is 5.97 Å². The van der Waals surface area contributed by atoms with Crippen molar-refractivity contribution in [3.8, 4) is 11.5 Å². The van der Waals surface area contributed by atoms with Crippen LogP contribution in [0.5, 0.6) is 11.5 Å². The van der Waals surface area contributed by atoms with Gasteiger partial charge in [0.05, 0.1) is 12.2 Å². The van der Waals surface area contributed by atoms with Crippen molar-refractivity contribution < 1.29 is 14.3 Å². The van der Waals surface area contributed by atoms with E-state index >= 15 is 0 Å². The molecule has 0 saturated heterocycles. The number of carbonyl (C=O) groups excluding carboxylic acids is 1. The fraction of sp³-hybridized carbons (Fsp3) is 0.235. The minimum absolute atomic E-state index is 0.315. The molecular formula is C17H18O3. The van der Waals surface area contributed by atoms with Crippen LogP contribution < -0.4 is 4.74 Å². The van der Waals surface area contributed by atoms with Crippen molar-refractivity contribution in [1.29, 1.82) is 0 Å². The lowest BCUT2D eigenvalue weighted by Gasteiger charge is -2.08. The molecule has 2 aromatic rings. The Labute approximate surface area is 119 Å². The van der Waals surface area contributed by atoms with Gasteiger partial charge < -0.3 is 9.47 Å². The quantitative estimate of drug-likeness (QED) is 0.778. The first-order valence-electron chi connectivity index (χ1n) is 6.62. The molecule has 0 amide bonds. The summed E-state index contributed by atoms with van der Waals surface area (Å²) in [7, 11) is 0. The molecule has 0 aliphatic carbocycles. The number of rotatable bonds is 4. The van der Waals surface area contributed by atoms with Crippen LogP contribution in [0, 0.1) is 13.8 Å². The average molecular weight is 270 g/mol. The first-order chi connectivity index (χ1) is 9.60. The summed E-state index contributed by atoms with van der Waals surface area (Å²) in [6.07, 6.45) is 0. The SMILES string of the molecule is CCOC(=O)c1ccc(Oc2ccc(C)c(C)c2)cc1. The fourth-order valence-electron chi connectivity index (χ4n) is 1.79. The van der Waals surface area contributed by atoms with Crippen molar-refractivity contribution in [2.75, 3.05) is 6.61 Å². The molecule has 0 N–H and O–H groups in total. The lowest BCUT2D eigenvalue weighted by Crippen LogP contribution is -2.03. The zero-order chi connectivity index (χ0) is 14.5. The van der Waals surface area contributed by atoms with Crippen LogP contribution in [-0.2, 0) is 4.74 Å². The highest BCUT2D eigenvalue weighted by molar-refractivity contribution is 5.89. The molecule has 104 valence electrons. The predicted molar refractivity (Wildman–Crippen MR) is 78.4 cm³/mol. The van der Waals surface area contributed by atoms with Gasteiger partial charge in [-0.25, -0.2) is 4.79 Å². The zero-order valence-electron chi connectivity index (χ0n) is 12.0. The molecule has 0 aromatic heterocycles. The number of hydrogen-bond acceptors (Lipinski definition) is 3. The highest BCUT2D eigenvalue weighted by Crippen LogP contribution is 2.24. The largest absolute Gasteiger partial charge is 0.462 e. The summed E-state index contributed by atoms with van der Waals surface area (Å²) in [5.41, 5.74) is 2.94. The molecule has 3 heteroatoms. The summed E-state index contributed by atoms with van der Waals surface area (Å²) in [5.74, 6) is 1.17. The first kappa shape index (κ1) is 14.1. The Morgan fingerprint density at radius 2 is 1.60 bits per heavy atom. The Balaban J connectivity index is 2.10. The monoisotopic (exact) mass is 270 g/mol. The summed E-state index contributed by atoms with van der Waals surface area (Å²) < 4.78 is 10.7. The van der Waals surface area contributed by atoms with E-state index in [-0.39, 0.29) is 5.97 Å². The van der Waals surface area contributed by atoms with E-state index in [4.69, 9.17) is 9.47 Å². The van der Waals surface area contributed by atoms with Gasteiger partial charge in [0.15, 0.2) is 0 Å². The van der Waals surface area contributed by atoms with Crippen LogP contribution in [0.25, 0.3) is 0 Å². The molecule has 0 radical (unpaired) electrons. The molecule has 0 aliphatic heterocycles.